The van der Waals surface area contributed by atoms with Gasteiger partial charge in [0.05, 0.1) is 13.2 Å². The van der Waals surface area contributed by atoms with Crippen LogP contribution in [-0.4, -0.2) is 31.1 Å². The number of aliphatic hydroxyl groups excluding tert-OH is 1. The third-order valence-electron chi connectivity index (χ3n) is 2.05. The summed E-state index contributed by atoms with van der Waals surface area (Å²) in [6, 6.07) is 7.08. The van der Waals surface area contributed by atoms with E-state index in [1.165, 1.54) is 0 Å². The lowest BCUT2D eigenvalue weighted by Crippen LogP contribution is -2.26. The van der Waals surface area contributed by atoms with Gasteiger partial charge in [-0.2, -0.15) is 0 Å². The summed E-state index contributed by atoms with van der Waals surface area (Å²) < 4.78 is 0. The number of terminal acetylenes is 1. The Labute approximate surface area is 89.3 Å². The summed E-state index contributed by atoms with van der Waals surface area (Å²) in [6.07, 6.45) is 6.02. The van der Waals surface area contributed by atoms with Crippen LogP contribution in [0, 0.1) is 12.3 Å². The van der Waals surface area contributed by atoms with Crippen molar-refractivity contribution in [1.29, 1.82) is 0 Å². The molecule has 15 heavy (non-hydrogen) atoms. The third-order valence-corrected chi connectivity index (χ3v) is 2.05. The SMILES string of the molecule is C#CCN(CCO)c1ccc(C=O)cc1. The molecule has 0 heterocycles. The predicted octanol–water partition coefficient (Wildman–Crippen LogP) is 0.931. The highest BCUT2D eigenvalue weighted by Gasteiger charge is 2.03. The maximum absolute atomic E-state index is 10.5. The Bertz CT molecular complexity index is 351. The minimum atomic E-state index is 0.0527. The van der Waals surface area contributed by atoms with Crippen molar-refractivity contribution >= 4 is 12.0 Å². The Morgan fingerprint density at radius 1 is 1.40 bits per heavy atom. The predicted molar refractivity (Wildman–Crippen MR) is 60.0 cm³/mol. The Morgan fingerprint density at radius 3 is 2.53 bits per heavy atom. The summed E-state index contributed by atoms with van der Waals surface area (Å²) >= 11 is 0. The van der Waals surface area contributed by atoms with Gasteiger partial charge in [-0.1, -0.05) is 5.92 Å². The molecule has 3 nitrogen and oxygen atoms in total. The summed E-state index contributed by atoms with van der Waals surface area (Å²) in [6.45, 7) is 0.989. The molecule has 1 aromatic carbocycles. The Balaban J connectivity index is 2.81. The largest absolute Gasteiger partial charge is 0.395 e. The van der Waals surface area contributed by atoms with Gasteiger partial charge >= 0.3 is 0 Å². The van der Waals surface area contributed by atoms with Crippen LogP contribution in [0.5, 0.6) is 0 Å². The van der Waals surface area contributed by atoms with Crippen LogP contribution < -0.4 is 4.90 Å². The van der Waals surface area contributed by atoms with Crippen LogP contribution in [-0.2, 0) is 0 Å². The molecule has 0 bridgehead atoms. The van der Waals surface area contributed by atoms with Crippen molar-refractivity contribution in [3.8, 4) is 12.3 Å². The minimum Gasteiger partial charge on any atom is -0.395 e. The zero-order chi connectivity index (χ0) is 11.1. The smallest absolute Gasteiger partial charge is 0.150 e. The fourth-order valence-electron chi connectivity index (χ4n) is 1.29. The average Bonchev–Trinajstić information content (AvgIpc) is 2.29. The van der Waals surface area contributed by atoms with E-state index in [9.17, 15) is 4.79 Å². The van der Waals surface area contributed by atoms with Gasteiger partial charge in [0.15, 0.2) is 0 Å². The maximum Gasteiger partial charge on any atom is 0.150 e. The normalized spacial score (nSPS) is 9.33. The van der Waals surface area contributed by atoms with Gasteiger partial charge in [-0.3, -0.25) is 4.79 Å². The summed E-state index contributed by atoms with van der Waals surface area (Å²) in [5.41, 5.74) is 1.54. The fraction of sp³-hybridized carbons (Fsp3) is 0.250. The van der Waals surface area contributed by atoms with E-state index in [0.717, 1.165) is 12.0 Å². The van der Waals surface area contributed by atoms with Gasteiger partial charge in [0.2, 0.25) is 0 Å². The number of carbonyl (C=O) groups excluding carboxylic acids is 1. The van der Waals surface area contributed by atoms with Crippen molar-refractivity contribution in [1.82, 2.24) is 0 Å². The molecular formula is C12H13NO2. The maximum atomic E-state index is 10.5. The van der Waals surface area contributed by atoms with Crippen molar-refractivity contribution in [3.63, 3.8) is 0 Å². The molecule has 1 rings (SSSR count). The number of benzene rings is 1. The monoisotopic (exact) mass is 203 g/mol. The van der Waals surface area contributed by atoms with E-state index < -0.39 is 0 Å². The topological polar surface area (TPSA) is 40.5 Å². The first-order valence-electron chi connectivity index (χ1n) is 4.66. The quantitative estimate of drug-likeness (QED) is 0.571. The van der Waals surface area contributed by atoms with E-state index >= 15 is 0 Å². The van der Waals surface area contributed by atoms with Gasteiger partial charge in [0, 0.05) is 17.8 Å². The van der Waals surface area contributed by atoms with Gasteiger partial charge in [-0.15, -0.1) is 6.42 Å². The van der Waals surface area contributed by atoms with E-state index in [0.29, 0.717) is 18.7 Å². The van der Waals surface area contributed by atoms with Crippen LogP contribution in [0.25, 0.3) is 0 Å². The second kappa shape index (κ2) is 5.84. The molecule has 0 saturated heterocycles. The highest BCUT2D eigenvalue weighted by molar-refractivity contribution is 5.75. The molecular weight excluding hydrogens is 190 g/mol. The number of rotatable bonds is 5. The molecule has 0 aliphatic rings. The van der Waals surface area contributed by atoms with Gasteiger partial charge in [0.1, 0.15) is 6.29 Å². The molecule has 0 spiro atoms. The molecule has 0 saturated carbocycles. The molecule has 0 atom stereocenters. The average molecular weight is 203 g/mol. The number of nitrogens with zero attached hydrogens (tertiary/aromatic N) is 1. The number of aliphatic hydroxyl groups is 1. The number of hydrogen-bond donors (Lipinski definition) is 1. The van der Waals surface area contributed by atoms with Crippen molar-refractivity contribution in [2.24, 2.45) is 0 Å². The van der Waals surface area contributed by atoms with Crippen molar-refractivity contribution in [3.05, 3.63) is 29.8 Å². The molecule has 78 valence electrons. The number of aldehydes is 1. The molecule has 0 radical (unpaired) electrons. The summed E-state index contributed by atoms with van der Waals surface area (Å²) in [5.74, 6) is 2.52. The van der Waals surface area contributed by atoms with Crippen LogP contribution in [0.15, 0.2) is 24.3 Å². The molecule has 0 aliphatic carbocycles. The van der Waals surface area contributed by atoms with Crippen molar-refractivity contribution in [2.45, 2.75) is 0 Å². The Kier molecular flexibility index (Phi) is 4.39. The molecule has 1 N–H and O–H groups in total. The number of hydrogen-bond acceptors (Lipinski definition) is 3. The summed E-state index contributed by atoms with van der Waals surface area (Å²) in [4.78, 5) is 12.3. The molecule has 1 aromatic rings. The Morgan fingerprint density at radius 2 is 2.07 bits per heavy atom. The van der Waals surface area contributed by atoms with Crippen molar-refractivity contribution in [2.75, 3.05) is 24.6 Å². The first-order valence-corrected chi connectivity index (χ1v) is 4.66. The lowest BCUT2D eigenvalue weighted by Gasteiger charge is -2.21. The second-order valence-corrected chi connectivity index (χ2v) is 3.06. The zero-order valence-corrected chi connectivity index (χ0v) is 8.39. The van der Waals surface area contributed by atoms with Gasteiger partial charge < -0.3 is 10.0 Å². The highest BCUT2D eigenvalue weighted by Crippen LogP contribution is 2.13. The summed E-state index contributed by atoms with van der Waals surface area (Å²) in [7, 11) is 0. The highest BCUT2D eigenvalue weighted by atomic mass is 16.3. The minimum absolute atomic E-state index is 0.0527. The molecule has 0 unspecified atom stereocenters. The fourth-order valence-corrected chi connectivity index (χ4v) is 1.29. The van der Waals surface area contributed by atoms with Crippen LogP contribution in [0.4, 0.5) is 5.69 Å². The van der Waals surface area contributed by atoms with Gasteiger partial charge in [-0.05, 0) is 24.3 Å². The molecule has 0 amide bonds. The summed E-state index contributed by atoms with van der Waals surface area (Å²) in [5, 5.41) is 8.86. The third kappa shape index (κ3) is 3.12. The van der Waals surface area contributed by atoms with E-state index in [-0.39, 0.29) is 6.61 Å². The van der Waals surface area contributed by atoms with Crippen LogP contribution in [0.1, 0.15) is 10.4 Å². The Hall–Kier alpha value is -1.79. The molecule has 0 aliphatic heterocycles. The van der Waals surface area contributed by atoms with Crippen LogP contribution in [0.2, 0.25) is 0 Å². The van der Waals surface area contributed by atoms with Crippen LogP contribution >= 0.6 is 0 Å². The van der Waals surface area contributed by atoms with E-state index in [4.69, 9.17) is 11.5 Å². The standard InChI is InChI=1S/C12H13NO2/c1-2-7-13(8-9-14)12-5-3-11(10-15)4-6-12/h1,3-6,10,14H,7-9H2. The second-order valence-electron chi connectivity index (χ2n) is 3.06. The molecule has 0 aromatic heterocycles. The first-order chi connectivity index (χ1) is 7.31. The molecule has 3 heteroatoms. The van der Waals surface area contributed by atoms with Gasteiger partial charge in [0.25, 0.3) is 0 Å². The lowest BCUT2D eigenvalue weighted by molar-refractivity contribution is 0.112. The lowest BCUT2D eigenvalue weighted by atomic mass is 10.2. The van der Waals surface area contributed by atoms with E-state index in [1.807, 2.05) is 17.0 Å². The number of anilines is 1. The first kappa shape index (κ1) is 11.3. The van der Waals surface area contributed by atoms with E-state index in [1.54, 1.807) is 12.1 Å². The van der Waals surface area contributed by atoms with Crippen LogP contribution in [0.3, 0.4) is 0 Å². The number of carbonyl (C=O) groups is 1. The van der Waals surface area contributed by atoms with Gasteiger partial charge in [-0.25, -0.2) is 0 Å². The van der Waals surface area contributed by atoms with Crippen molar-refractivity contribution < 1.29 is 9.90 Å². The zero-order valence-electron chi connectivity index (χ0n) is 8.39. The van der Waals surface area contributed by atoms with E-state index in [2.05, 4.69) is 5.92 Å². The molecule has 0 fully saturated rings.